The summed E-state index contributed by atoms with van der Waals surface area (Å²) in [5, 5.41) is 1.72. The van der Waals surface area contributed by atoms with Crippen LogP contribution in [-0.2, 0) is 26.0 Å². The Hall–Kier alpha value is -2.10. The number of sulfonamides is 1. The molecule has 28 heavy (non-hydrogen) atoms. The Balaban J connectivity index is 2.08. The fraction of sp³-hybridized carbons (Fsp3) is 0.421. The van der Waals surface area contributed by atoms with Gasteiger partial charge in [0.1, 0.15) is 4.21 Å². The maximum atomic E-state index is 13.2. The zero-order valence-electron chi connectivity index (χ0n) is 16.0. The summed E-state index contributed by atoms with van der Waals surface area (Å²) in [6, 6.07) is 6.21. The summed E-state index contributed by atoms with van der Waals surface area (Å²) in [6.07, 6.45) is 0.445. The first-order valence-electron chi connectivity index (χ1n) is 8.88. The monoisotopic (exact) mass is 425 g/mol. The first-order valence-corrected chi connectivity index (χ1v) is 11.2. The van der Waals surface area contributed by atoms with Gasteiger partial charge in [0, 0.05) is 6.54 Å². The number of methoxy groups -OCH3 is 2. The van der Waals surface area contributed by atoms with Gasteiger partial charge in [-0.3, -0.25) is 4.79 Å². The maximum absolute atomic E-state index is 13.2. The van der Waals surface area contributed by atoms with E-state index in [9.17, 15) is 13.2 Å². The number of hydrogen-bond acceptors (Lipinski definition) is 7. The Bertz CT molecular complexity index is 940. The number of esters is 1. The number of rotatable bonds is 7. The minimum absolute atomic E-state index is 0.0685. The zero-order valence-corrected chi connectivity index (χ0v) is 17.6. The Morgan fingerprint density at radius 3 is 2.57 bits per heavy atom. The van der Waals surface area contributed by atoms with E-state index in [1.165, 1.54) is 11.4 Å². The van der Waals surface area contributed by atoms with Crippen molar-refractivity contribution >= 4 is 27.3 Å². The molecule has 0 bridgehead atoms. The number of nitrogens with zero attached hydrogens (tertiary/aromatic N) is 1. The summed E-state index contributed by atoms with van der Waals surface area (Å²) in [4.78, 5) is 12.3. The lowest BCUT2D eigenvalue weighted by Gasteiger charge is -2.36. The summed E-state index contributed by atoms with van der Waals surface area (Å²) in [6.45, 7) is 2.23. The number of carbonyl (C=O) groups is 1. The van der Waals surface area contributed by atoms with Gasteiger partial charge in [-0.1, -0.05) is 6.07 Å². The largest absolute Gasteiger partial charge is 0.493 e. The molecule has 0 spiro atoms. The van der Waals surface area contributed by atoms with Crippen LogP contribution in [0.25, 0.3) is 0 Å². The van der Waals surface area contributed by atoms with E-state index < -0.39 is 22.0 Å². The fourth-order valence-electron chi connectivity index (χ4n) is 3.41. The van der Waals surface area contributed by atoms with E-state index in [1.54, 1.807) is 37.6 Å². The van der Waals surface area contributed by atoms with E-state index in [4.69, 9.17) is 14.2 Å². The van der Waals surface area contributed by atoms with Crippen LogP contribution < -0.4 is 9.47 Å². The lowest BCUT2D eigenvalue weighted by atomic mass is 9.91. The van der Waals surface area contributed by atoms with Gasteiger partial charge in [-0.15, -0.1) is 11.3 Å². The fourth-order valence-corrected chi connectivity index (χ4v) is 6.13. The third kappa shape index (κ3) is 3.87. The third-order valence-electron chi connectivity index (χ3n) is 4.68. The van der Waals surface area contributed by atoms with Gasteiger partial charge in [-0.25, -0.2) is 8.42 Å². The van der Waals surface area contributed by atoms with Gasteiger partial charge in [0.15, 0.2) is 11.5 Å². The number of thiophene rings is 1. The smallest absolute Gasteiger partial charge is 0.307 e. The molecular weight excluding hydrogens is 402 g/mol. The van der Waals surface area contributed by atoms with Crippen LogP contribution in [-0.4, -0.2) is 46.1 Å². The predicted octanol–water partition coefficient (Wildman–Crippen LogP) is 3.01. The van der Waals surface area contributed by atoms with Gasteiger partial charge >= 0.3 is 5.97 Å². The molecule has 1 aromatic carbocycles. The molecule has 7 nitrogen and oxygen atoms in total. The number of ether oxygens (including phenoxy) is 3. The molecule has 152 valence electrons. The van der Waals surface area contributed by atoms with Gasteiger partial charge in [0.2, 0.25) is 0 Å². The van der Waals surface area contributed by atoms with E-state index in [0.717, 1.165) is 22.5 Å². The van der Waals surface area contributed by atoms with Crippen molar-refractivity contribution in [3.8, 4) is 11.5 Å². The molecule has 0 fully saturated rings. The van der Waals surface area contributed by atoms with E-state index in [1.807, 2.05) is 6.07 Å². The molecule has 1 aromatic heterocycles. The van der Waals surface area contributed by atoms with Crippen LogP contribution in [0.2, 0.25) is 0 Å². The summed E-state index contributed by atoms with van der Waals surface area (Å²) in [7, 11) is -0.661. The van der Waals surface area contributed by atoms with Crippen molar-refractivity contribution in [2.45, 2.75) is 30.0 Å². The predicted molar refractivity (Wildman–Crippen MR) is 105 cm³/mol. The molecule has 1 aliphatic rings. The molecule has 0 radical (unpaired) electrons. The van der Waals surface area contributed by atoms with Gasteiger partial charge in [-0.2, -0.15) is 4.31 Å². The molecule has 0 aliphatic carbocycles. The zero-order chi connectivity index (χ0) is 20.3. The summed E-state index contributed by atoms with van der Waals surface area (Å²) in [5.74, 6) is 0.623. The first kappa shape index (κ1) is 20.6. The number of benzene rings is 1. The number of fused-ring (bicyclic) bond motifs is 1. The molecule has 2 aromatic rings. The minimum Gasteiger partial charge on any atom is -0.493 e. The van der Waals surface area contributed by atoms with Crippen molar-refractivity contribution in [3.63, 3.8) is 0 Å². The molecule has 1 atom stereocenters. The topological polar surface area (TPSA) is 82.1 Å². The molecular formula is C19H23NO6S2. The highest BCUT2D eigenvalue weighted by atomic mass is 32.2. The Labute approximate surface area is 168 Å². The van der Waals surface area contributed by atoms with Crippen molar-refractivity contribution in [2.24, 2.45) is 0 Å². The molecule has 0 saturated heterocycles. The lowest BCUT2D eigenvalue weighted by Crippen LogP contribution is -2.40. The van der Waals surface area contributed by atoms with Crippen LogP contribution in [0.5, 0.6) is 11.5 Å². The van der Waals surface area contributed by atoms with Crippen molar-refractivity contribution < 1.29 is 27.4 Å². The molecule has 0 N–H and O–H groups in total. The van der Waals surface area contributed by atoms with Crippen LogP contribution >= 0.6 is 11.3 Å². The van der Waals surface area contributed by atoms with Gasteiger partial charge in [-0.05, 0) is 48.1 Å². The average Bonchev–Trinajstić information content (AvgIpc) is 3.22. The molecule has 2 heterocycles. The molecule has 0 saturated carbocycles. The van der Waals surface area contributed by atoms with Gasteiger partial charge in [0.25, 0.3) is 10.0 Å². The van der Waals surface area contributed by atoms with E-state index >= 15 is 0 Å². The highest BCUT2D eigenvalue weighted by Gasteiger charge is 2.39. The number of carbonyl (C=O) groups excluding carboxylic acids is 1. The Morgan fingerprint density at radius 1 is 1.25 bits per heavy atom. The van der Waals surface area contributed by atoms with Crippen LogP contribution in [0.1, 0.15) is 30.5 Å². The van der Waals surface area contributed by atoms with Crippen LogP contribution in [0.3, 0.4) is 0 Å². The summed E-state index contributed by atoms with van der Waals surface area (Å²) >= 11 is 1.16. The number of hydrogen-bond donors (Lipinski definition) is 0. The third-order valence-corrected chi connectivity index (χ3v) is 7.96. The van der Waals surface area contributed by atoms with Crippen molar-refractivity contribution in [2.75, 3.05) is 27.4 Å². The Kier molecular flexibility index (Phi) is 6.26. The Morgan fingerprint density at radius 2 is 1.96 bits per heavy atom. The van der Waals surface area contributed by atoms with Crippen molar-refractivity contribution in [3.05, 3.63) is 40.8 Å². The second kappa shape index (κ2) is 8.50. The van der Waals surface area contributed by atoms with E-state index in [0.29, 0.717) is 17.9 Å². The van der Waals surface area contributed by atoms with Crippen LogP contribution in [0, 0.1) is 0 Å². The minimum atomic E-state index is -3.73. The van der Waals surface area contributed by atoms with Crippen LogP contribution in [0.15, 0.2) is 33.9 Å². The SMILES string of the molecule is CCOC(=O)C[C@@H]1c2cc(OC)c(OC)cc2CCN1S(=O)(=O)c1cccs1. The van der Waals surface area contributed by atoms with Gasteiger partial charge in [0.05, 0.1) is 33.3 Å². The summed E-state index contributed by atoms with van der Waals surface area (Å²) < 4.78 is 43.9. The first-order chi connectivity index (χ1) is 13.4. The standard InChI is InChI=1S/C19H23NO6S2/c1-4-26-18(21)12-15-14-11-17(25-3)16(24-2)10-13(14)7-8-20(15)28(22,23)19-6-5-9-27-19/h5-6,9-11,15H,4,7-8,12H2,1-3H3/t15-/m1/s1. The highest BCUT2D eigenvalue weighted by molar-refractivity contribution is 7.91. The van der Waals surface area contributed by atoms with Crippen molar-refractivity contribution in [1.82, 2.24) is 4.31 Å². The van der Waals surface area contributed by atoms with E-state index in [-0.39, 0.29) is 23.8 Å². The van der Waals surface area contributed by atoms with Crippen molar-refractivity contribution in [1.29, 1.82) is 0 Å². The quantitative estimate of drug-likeness (QED) is 0.635. The van der Waals surface area contributed by atoms with Gasteiger partial charge < -0.3 is 14.2 Å². The lowest BCUT2D eigenvalue weighted by molar-refractivity contribution is -0.144. The summed E-state index contributed by atoms with van der Waals surface area (Å²) in [5.41, 5.74) is 1.67. The van der Waals surface area contributed by atoms with E-state index in [2.05, 4.69) is 0 Å². The second-order valence-electron chi connectivity index (χ2n) is 6.23. The molecule has 3 rings (SSSR count). The molecule has 0 unspecified atom stereocenters. The maximum Gasteiger partial charge on any atom is 0.307 e. The van der Waals surface area contributed by atoms with Crippen LogP contribution in [0.4, 0.5) is 0 Å². The highest BCUT2D eigenvalue weighted by Crippen LogP contribution is 2.42. The molecule has 1 aliphatic heterocycles. The average molecular weight is 426 g/mol. The second-order valence-corrected chi connectivity index (χ2v) is 9.29. The molecule has 9 heteroatoms. The molecule has 0 amide bonds. The normalized spacial score (nSPS) is 17.0.